The third-order valence-electron chi connectivity index (χ3n) is 3.37. The van der Waals surface area contributed by atoms with Crippen LogP contribution in [0.2, 0.25) is 0 Å². The molecule has 0 bridgehead atoms. The molecule has 1 aromatic heterocycles. The fraction of sp³-hybridized carbons (Fsp3) is 0.643. The first-order valence-electron chi connectivity index (χ1n) is 6.59. The number of aromatic nitrogens is 1. The van der Waals surface area contributed by atoms with E-state index in [1.165, 1.54) is 49.8 Å². The maximum atomic E-state index is 4.54. The van der Waals surface area contributed by atoms with Crippen molar-refractivity contribution in [2.24, 2.45) is 0 Å². The van der Waals surface area contributed by atoms with Crippen LogP contribution in [0.3, 0.4) is 0 Å². The van der Waals surface area contributed by atoms with Gasteiger partial charge in [-0.05, 0) is 43.9 Å². The summed E-state index contributed by atoms with van der Waals surface area (Å²) in [5.41, 5.74) is 2.74. The number of hydrogen-bond donors (Lipinski definition) is 1. The van der Waals surface area contributed by atoms with Gasteiger partial charge in [-0.2, -0.15) is 0 Å². The molecule has 0 saturated heterocycles. The van der Waals surface area contributed by atoms with Crippen molar-refractivity contribution in [3.8, 4) is 0 Å². The van der Waals surface area contributed by atoms with E-state index in [1.54, 1.807) is 0 Å². The Morgan fingerprint density at radius 1 is 1.44 bits per heavy atom. The molecule has 2 heteroatoms. The molecule has 0 spiro atoms. The van der Waals surface area contributed by atoms with Gasteiger partial charge in [-0.1, -0.05) is 25.8 Å². The average molecular weight is 218 g/mol. The van der Waals surface area contributed by atoms with Gasteiger partial charge in [0.05, 0.1) is 5.69 Å². The van der Waals surface area contributed by atoms with Crippen LogP contribution in [0.15, 0.2) is 18.3 Å². The van der Waals surface area contributed by atoms with Gasteiger partial charge in [0.1, 0.15) is 0 Å². The molecule has 1 aliphatic rings. The van der Waals surface area contributed by atoms with Crippen LogP contribution < -0.4 is 5.32 Å². The SMILES string of the molecule is CCCCCNC1CCCc2cccnc21. The van der Waals surface area contributed by atoms with Crippen molar-refractivity contribution in [1.29, 1.82) is 0 Å². The Labute approximate surface area is 98.5 Å². The van der Waals surface area contributed by atoms with Crippen LogP contribution in [-0.4, -0.2) is 11.5 Å². The van der Waals surface area contributed by atoms with E-state index in [4.69, 9.17) is 0 Å². The normalized spacial score (nSPS) is 19.4. The van der Waals surface area contributed by atoms with Crippen molar-refractivity contribution in [2.45, 2.75) is 51.5 Å². The van der Waals surface area contributed by atoms with Gasteiger partial charge in [0.25, 0.3) is 0 Å². The van der Waals surface area contributed by atoms with Crippen molar-refractivity contribution in [3.63, 3.8) is 0 Å². The topological polar surface area (TPSA) is 24.9 Å². The molecule has 2 rings (SSSR count). The zero-order chi connectivity index (χ0) is 11.2. The predicted octanol–water partition coefficient (Wildman–Crippen LogP) is 3.24. The number of pyridine rings is 1. The summed E-state index contributed by atoms with van der Waals surface area (Å²) >= 11 is 0. The molecule has 88 valence electrons. The molecule has 2 nitrogen and oxygen atoms in total. The summed E-state index contributed by atoms with van der Waals surface area (Å²) in [5.74, 6) is 0. The lowest BCUT2D eigenvalue weighted by atomic mass is 9.92. The minimum atomic E-state index is 0.502. The van der Waals surface area contributed by atoms with E-state index in [0.29, 0.717) is 6.04 Å². The quantitative estimate of drug-likeness (QED) is 0.767. The minimum Gasteiger partial charge on any atom is -0.309 e. The number of rotatable bonds is 5. The van der Waals surface area contributed by atoms with Crippen LogP contribution in [0.25, 0.3) is 0 Å². The summed E-state index contributed by atoms with van der Waals surface area (Å²) in [7, 11) is 0. The first-order chi connectivity index (χ1) is 7.92. The fourth-order valence-corrected chi connectivity index (χ4v) is 2.46. The van der Waals surface area contributed by atoms with E-state index >= 15 is 0 Å². The van der Waals surface area contributed by atoms with Gasteiger partial charge >= 0.3 is 0 Å². The van der Waals surface area contributed by atoms with E-state index in [1.807, 2.05) is 6.20 Å². The maximum absolute atomic E-state index is 4.54. The van der Waals surface area contributed by atoms with E-state index in [2.05, 4.69) is 29.4 Å². The van der Waals surface area contributed by atoms with Gasteiger partial charge in [-0.15, -0.1) is 0 Å². The molecule has 0 radical (unpaired) electrons. The number of nitrogens with zero attached hydrogens (tertiary/aromatic N) is 1. The Hall–Kier alpha value is -0.890. The molecular weight excluding hydrogens is 196 g/mol. The molecule has 0 aliphatic heterocycles. The largest absolute Gasteiger partial charge is 0.309 e. The van der Waals surface area contributed by atoms with Gasteiger partial charge in [0.15, 0.2) is 0 Å². The summed E-state index contributed by atoms with van der Waals surface area (Å²) in [6.45, 7) is 3.38. The second kappa shape index (κ2) is 6.00. The standard InChI is InChI=1S/C14H22N2/c1-2-3-4-10-15-13-9-5-7-12-8-6-11-16-14(12)13/h6,8,11,13,15H,2-5,7,9-10H2,1H3. The van der Waals surface area contributed by atoms with Gasteiger partial charge in [-0.25, -0.2) is 0 Å². The summed E-state index contributed by atoms with van der Waals surface area (Å²) in [6, 6.07) is 4.78. The molecule has 1 heterocycles. The molecule has 1 unspecified atom stereocenters. The van der Waals surface area contributed by atoms with E-state index < -0.39 is 0 Å². The van der Waals surface area contributed by atoms with E-state index in [-0.39, 0.29) is 0 Å². The van der Waals surface area contributed by atoms with Crippen LogP contribution in [0, 0.1) is 0 Å². The second-order valence-corrected chi connectivity index (χ2v) is 4.65. The third-order valence-corrected chi connectivity index (χ3v) is 3.37. The molecule has 1 aromatic rings. The van der Waals surface area contributed by atoms with Crippen molar-refractivity contribution in [3.05, 3.63) is 29.6 Å². The molecular formula is C14H22N2. The highest BCUT2D eigenvalue weighted by atomic mass is 14.9. The summed E-state index contributed by atoms with van der Waals surface area (Å²) in [6.07, 6.45) is 9.58. The first kappa shape index (κ1) is 11.6. The lowest BCUT2D eigenvalue weighted by Gasteiger charge is -2.25. The summed E-state index contributed by atoms with van der Waals surface area (Å²) < 4.78 is 0. The van der Waals surface area contributed by atoms with Crippen LogP contribution >= 0.6 is 0 Å². The summed E-state index contributed by atoms with van der Waals surface area (Å²) in [4.78, 5) is 4.54. The van der Waals surface area contributed by atoms with Crippen LogP contribution in [0.1, 0.15) is 56.3 Å². The molecule has 0 amide bonds. The number of fused-ring (bicyclic) bond motifs is 1. The maximum Gasteiger partial charge on any atom is 0.0605 e. The monoisotopic (exact) mass is 218 g/mol. The predicted molar refractivity (Wildman–Crippen MR) is 67.4 cm³/mol. The highest BCUT2D eigenvalue weighted by Gasteiger charge is 2.19. The van der Waals surface area contributed by atoms with Gasteiger partial charge in [-0.3, -0.25) is 4.98 Å². The Kier molecular flexibility index (Phi) is 4.34. The van der Waals surface area contributed by atoms with E-state index in [9.17, 15) is 0 Å². The van der Waals surface area contributed by atoms with Crippen molar-refractivity contribution in [2.75, 3.05) is 6.54 Å². The number of nitrogens with one attached hydrogen (secondary N) is 1. The second-order valence-electron chi connectivity index (χ2n) is 4.65. The average Bonchev–Trinajstić information content (AvgIpc) is 2.35. The third kappa shape index (κ3) is 2.82. The summed E-state index contributed by atoms with van der Waals surface area (Å²) in [5, 5.41) is 3.65. The van der Waals surface area contributed by atoms with Gasteiger partial charge in [0.2, 0.25) is 0 Å². The van der Waals surface area contributed by atoms with Crippen molar-refractivity contribution < 1.29 is 0 Å². The van der Waals surface area contributed by atoms with Gasteiger partial charge in [0, 0.05) is 12.2 Å². The Bertz CT molecular complexity index is 322. The van der Waals surface area contributed by atoms with Crippen molar-refractivity contribution >= 4 is 0 Å². The highest BCUT2D eigenvalue weighted by molar-refractivity contribution is 5.25. The van der Waals surface area contributed by atoms with Gasteiger partial charge < -0.3 is 5.32 Å². The smallest absolute Gasteiger partial charge is 0.0605 e. The molecule has 1 N–H and O–H groups in total. The number of unbranched alkanes of at least 4 members (excludes halogenated alkanes) is 2. The molecule has 0 aromatic carbocycles. The highest BCUT2D eigenvalue weighted by Crippen LogP contribution is 2.27. The molecule has 0 fully saturated rings. The molecule has 0 saturated carbocycles. The lowest BCUT2D eigenvalue weighted by molar-refractivity contribution is 0.441. The first-order valence-corrected chi connectivity index (χ1v) is 6.59. The Morgan fingerprint density at radius 2 is 2.38 bits per heavy atom. The molecule has 16 heavy (non-hydrogen) atoms. The zero-order valence-electron chi connectivity index (χ0n) is 10.2. The lowest BCUT2D eigenvalue weighted by Crippen LogP contribution is -2.27. The molecule has 1 atom stereocenters. The minimum absolute atomic E-state index is 0.502. The van der Waals surface area contributed by atoms with E-state index in [0.717, 1.165) is 6.54 Å². The van der Waals surface area contributed by atoms with Crippen LogP contribution in [0.5, 0.6) is 0 Å². The number of hydrogen-bond acceptors (Lipinski definition) is 2. The Morgan fingerprint density at radius 3 is 3.25 bits per heavy atom. The Balaban J connectivity index is 1.91. The van der Waals surface area contributed by atoms with Crippen molar-refractivity contribution in [1.82, 2.24) is 10.3 Å². The molecule has 1 aliphatic carbocycles. The number of aryl methyl sites for hydroxylation is 1. The van der Waals surface area contributed by atoms with Crippen LogP contribution in [-0.2, 0) is 6.42 Å². The zero-order valence-corrected chi connectivity index (χ0v) is 10.2. The van der Waals surface area contributed by atoms with Crippen LogP contribution in [0.4, 0.5) is 0 Å². The fourth-order valence-electron chi connectivity index (χ4n) is 2.46.